The Balaban J connectivity index is 1.85. The Labute approximate surface area is 124 Å². The van der Waals surface area contributed by atoms with Crippen LogP contribution in [0.4, 0.5) is 11.4 Å². The lowest BCUT2D eigenvalue weighted by Gasteiger charge is -2.22. The molecule has 4 heteroatoms. The minimum atomic E-state index is 0.541. The van der Waals surface area contributed by atoms with E-state index in [0.29, 0.717) is 12.0 Å². The number of nitrogen functional groups attached to an aromatic ring is 1. The summed E-state index contributed by atoms with van der Waals surface area (Å²) >= 11 is 1.70. The van der Waals surface area contributed by atoms with Crippen LogP contribution in [0.1, 0.15) is 38.1 Å². The lowest BCUT2D eigenvalue weighted by molar-refractivity contribution is 0.392. The fourth-order valence-electron chi connectivity index (χ4n) is 3.46. The Kier molecular flexibility index (Phi) is 3.59. The van der Waals surface area contributed by atoms with Crippen LogP contribution in [0.3, 0.4) is 0 Å². The monoisotopic (exact) mass is 289 g/mol. The number of rotatable bonds is 3. The lowest BCUT2D eigenvalue weighted by Crippen LogP contribution is -2.25. The molecule has 1 aliphatic rings. The molecule has 3 N–H and O–H groups in total. The Morgan fingerprint density at radius 3 is 2.90 bits per heavy atom. The summed E-state index contributed by atoms with van der Waals surface area (Å²) in [5.74, 6) is 1.56. The van der Waals surface area contributed by atoms with E-state index in [1.807, 2.05) is 6.92 Å². The van der Waals surface area contributed by atoms with Gasteiger partial charge in [-0.25, -0.2) is 4.98 Å². The third kappa shape index (κ3) is 2.37. The second kappa shape index (κ2) is 5.24. The highest BCUT2D eigenvalue weighted by Gasteiger charge is 2.31. The van der Waals surface area contributed by atoms with Gasteiger partial charge in [0, 0.05) is 6.04 Å². The van der Waals surface area contributed by atoms with Gasteiger partial charge in [0.1, 0.15) is 0 Å². The van der Waals surface area contributed by atoms with Crippen LogP contribution < -0.4 is 11.1 Å². The Morgan fingerprint density at radius 2 is 2.20 bits per heavy atom. The van der Waals surface area contributed by atoms with Crippen molar-refractivity contribution >= 4 is 32.9 Å². The maximum absolute atomic E-state index is 6.20. The molecule has 3 atom stereocenters. The minimum absolute atomic E-state index is 0.541. The standard InChI is InChI=1S/C16H23N3S/c1-4-11-5-6-13(9(11)2)19-14-8-15-16(7-12(14)17)20-10(3)18-15/h7-9,11,13,19H,4-6,17H2,1-3H3. The molecule has 1 fully saturated rings. The Hall–Kier alpha value is -1.29. The fraction of sp³-hybridized carbons (Fsp3) is 0.562. The first-order valence-electron chi connectivity index (χ1n) is 7.51. The van der Waals surface area contributed by atoms with Gasteiger partial charge in [-0.15, -0.1) is 11.3 Å². The molecule has 1 saturated carbocycles. The van der Waals surface area contributed by atoms with Crippen LogP contribution in [0.2, 0.25) is 0 Å². The van der Waals surface area contributed by atoms with E-state index in [1.165, 1.54) is 24.0 Å². The quantitative estimate of drug-likeness (QED) is 0.822. The highest BCUT2D eigenvalue weighted by Crippen LogP contribution is 2.37. The molecule has 3 rings (SSSR count). The number of anilines is 2. The molecule has 1 heterocycles. The van der Waals surface area contributed by atoms with Crippen molar-refractivity contribution < 1.29 is 0 Å². The smallest absolute Gasteiger partial charge is 0.0907 e. The summed E-state index contributed by atoms with van der Waals surface area (Å²) in [5, 5.41) is 4.76. The van der Waals surface area contributed by atoms with Crippen molar-refractivity contribution in [3.05, 3.63) is 17.1 Å². The average Bonchev–Trinajstić information content (AvgIpc) is 2.93. The van der Waals surface area contributed by atoms with Gasteiger partial charge in [-0.1, -0.05) is 20.3 Å². The van der Waals surface area contributed by atoms with Crippen molar-refractivity contribution in [2.24, 2.45) is 11.8 Å². The van der Waals surface area contributed by atoms with E-state index in [9.17, 15) is 0 Å². The zero-order chi connectivity index (χ0) is 14.3. The van der Waals surface area contributed by atoms with Crippen LogP contribution >= 0.6 is 11.3 Å². The van der Waals surface area contributed by atoms with E-state index < -0.39 is 0 Å². The zero-order valence-electron chi connectivity index (χ0n) is 12.4. The van der Waals surface area contributed by atoms with E-state index >= 15 is 0 Å². The number of fused-ring (bicyclic) bond motifs is 1. The molecule has 1 aromatic carbocycles. The van der Waals surface area contributed by atoms with Gasteiger partial charge in [-0.3, -0.25) is 0 Å². The number of nitrogens with one attached hydrogen (secondary N) is 1. The molecule has 20 heavy (non-hydrogen) atoms. The van der Waals surface area contributed by atoms with Gasteiger partial charge in [0.2, 0.25) is 0 Å². The maximum Gasteiger partial charge on any atom is 0.0907 e. The zero-order valence-corrected chi connectivity index (χ0v) is 13.3. The summed E-state index contributed by atoms with van der Waals surface area (Å²) in [4.78, 5) is 4.56. The van der Waals surface area contributed by atoms with E-state index in [-0.39, 0.29) is 0 Å². The van der Waals surface area contributed by atoms with Gasteiger partial charge in [0.05, 0.1) is 26.6 Å². The summed E-state index contributed by atoms with van der Waals surface area (Å²) in [6, 6.07) is 4.71. The number of aryl methyl sites for hydroxylation is 1. The highest BCUT2D eigenvalue weighted by molar-refractivity contribution is 7.18. The number of thiazole rings is 1. The van der Waals surface area contributed by atoms with Crippen molar-refractivity contribution in [2.45, 2.75) is 46.1 Å². The number of aromatic nitrogens is 1. The molecule has 1 aliphatic carbocycles. The van der Waals surface area contributed by atoms with Crippen LogP contribution in [-0.4, -0.2) is 11.0 Å². The molecular weight excluding hydrogens is 266 g/mol. The maximum atomic E-state index is 6.20. The molecular formula is C16H23N3S. The number of hydrogen-bond donors (Lipinski definition) is 2. The SMILES string of the molecule is CCC1CCC(Nc2cc3nc(C)sc3cc2N)C1C. The first-order valence-corrected chi connectivity index (χ1v) is 8.33. The van der Waals surface area contributed by atoms with Gasteiger partial charge in [0.15, 0.2) is 0 Å². The molecule has 0 radical (unpaired) electrons. The number of benzene rings is 1. The van der Waals surface area contributed by atoms with Crippen LogP contribution in [0, 0.1) is 18.8 Å². The molecule has 0 saturated heterocycles. The van der Waals surface area contributed by atoms with Crippen molar-refractivity contribution in [3.63, 3.8) is 0 Å². The molecule has 0 bridgehead atoms. The summed E-state index contributed by atoms with van der Waals surface area (Å²) in [7, 11) is 0. The predicted molar refractivity (Wildman–Crippen MR) is 88.4 cm³/mol. The molecule has 1 aromatic heterocycles. The highest BCUT2D eigenvalue weighted by atomic mass is 32.1. The van der Waals surface area contributed by atoms with Gasteiger partial charge in [-0.2, -0.15) is 0 Å². The molecule has 0 spiro atoms. The number of nitrogens with two attached hydrogens (primary N) is 1. The molecule has 0 amide bonds. The van der Waals surface area contributed by atoms with Crippen LogP contribution in [-0.2, 0) is 0 Å². The normalized spacial score (nSPS) is 26.2. The number of nitrogens with zero attached hydrogens (tertiary/aromatic N) is 1. The van der Waals surface area contributed by atoms with E-state index in [0.717, 1.165) is 27.8 Å². The van der Waals surface area contributed by atoms with Gasteiger partial charge >= 0.3 is 0 Å². The van der Waals surface area contributed by atoms with Crippen LogP contribution in [0.25, 0.3) is 10.2 Å². The number of hydrogen-bond acceptors (Lipinski definition) is 4. The second-order valence-corrected chi connectivity index (χ2v) is 7.23. The van der Waals surface area contributed by atoms with E-state index in [2.05, 4.69) is 36.3 Å². The first kappa shape index (κ1) is 13.7. The van der Waals surface area contributed by atoms with Crippen molar-refractivity contribution in [1.29, 1.82) is 0 Å². The van der Waals surface area contributed by atoms with E-state index in [1.54, 1.807) is 11.3 Å². The van der Waals surface area contributed by atoms with Crippen molar-refractivity contribution in [2.75, 3.05) is 11.1 Å². The largest absolute Gasteiger partial charge is 0.397 e. The third-order valence-corrected chi connectivity index (χ3v) is 5.69. The van der Waals surface area contributed by atoms with Crippen LogP contribution in [0.15, 0.2) is 12.1 Å². The summed E-state index contributed by atoms with van der Waals surface area (Å²) in [6.07, 6.45) is 3.85. The molecule has 0 aliphatic heterocycles. The fourth-order valence-corrected chi connectivity index (χ4v) is 4.31. The average molecular weight is 289 g/mol. The summed E-state index contributed by atoms with van der Waals surface area (Å²) in [6.45, 7) is 6.70. The summed E-state index contributed by atoms with van der Waals surface area (Å²) in [5.41, 5.74) is 9.15. The van der Waals surface area contributed by atoms with Gasteiger partial charge < -0.3 is 11.1 Å². The van der Waals surface area contributed by atoms with Gasteiger partial charge in [0.25, 0.3) is 0 Å². The third-order valence-electron chi connectivity index (χ3n) is 4.76. The van der Waals surface area contributed by atoms with Crippen molar-refractivity contribution in [3.8, 4) is 0 Å². The van der Waals surface area contributed by atoms with Crippen LogP contribution in [0.5, 0.6) is 0 Å². The lowest BCUT2D eigenvalue weighted by atomic mass is 9.93. The predicted octanol–water partition coefficient (Wildman–Crippen LogP) is 4.42. The van der Waals surface area contributed by atoms with E-state index in [4.69, 9.17) is 5.73 Å². The Morgan fingerprint density at radius 1 is 1.40 bits per heavy atom. The second-order valence-electron chi connectivity index (χ2n) is 6.00. The Bertz CT molecular complexity index is 619. The summed E-state index contributed by atoms with van der Waals surface area (Å²) < 4.78 is 1.18. The first-order chi connectivity index (χ1) is 9.58. The molecule has 3 unspecified atom stereocenters. The van der Waals surface area contributed by atoms with Crippen molar-refractivity contribution in [1.82, 2.24) is 4.98 Å². The minimum Gasteiger partial charge on any atom is -0.397 e. The van der Waals surface area contributed by atoms with Gasteiger partial charge in [-0.05, 0) is 43.7 Å². The molecule has 108 valence electrons. The topological polar surface area (TPSA) is 50.9 Å². The molecule has 3 nitrogen and oxygen atoms in total. The molecule has 2 aromatic rings.